The SMILES string of the molecule is O=C(O)c1ccc(-c2ccnn2S)s1. The molecular weight excluding hydrogens is 220 g/mol. The van der Waals surface area contributed by atoms with Gasteiger partial charge in [0.05, 0.1) is 16.8 Å². The Hall–Kier alpha value is -1.27. The summed E-state index contributed by atoms with van der Waals surface area (Å²) in [6.45, 7) is 0. The number of hydrogen-bond acceptors (Lipinski definition) is 4. The van der Waals surface area contributed by atoms with Crippen molar-refractivity contribution in [3.63, 3.8) is 0 Å². The van der Waals surface area contributed by atoms with Gasteiger partial charge in [-0.2, -0.15) is 5.10 Å². The summed E-state index contributed by atoms with van der Waals surface area (Å²) in [6, 6.07) is 5.10. The third-order valence-corrected chi connectivity index (χ3v) is 3.11. The van der Waals surface area contributed by atoms with Gasteiger partial charge in [-0.05, 0) is 31.0 Å². The summed E-state index contributed by atoms with van der Waals surface area (Å²) in [4.78, 5) is 11.8. The molecule has 0 saturated heterocycles. The van der Waals surface area contributed by atoms with Crippen molar-refractivity contribution < 1.29 is 9.90 Å². The zero-order valence-electron chi connectivity index (χ0n) is 6.91. The second kappa shape index (κ2) is 3.47. The van der Waals surface area contributed by atoms with E-state index in [0.717, 1.165) is 10.6 Å². The van der Waals surface area contributed by atoms with Crippen LogP contribution in [0.15, 0.2) is 24.4 Å². The summed E-state index contributed by atoms with van der Waals surface area (Å²) in [5, 5.41) is 12.6. The molecule has 0 atom stereocenters. The van der Waals surface area contributed by atoms with E-state index >= 15 is 0 Å². The molecule has 0 spiro atoms. The molecule has 72 valence electrons. The minimum Gasteiger partial charge on any atom is -0.477 e. The maximum Gasteiger partial charge on any atom is 0.345 e. The summed E-state index contributed by atoms with van der Waals surface area (Å²) in [7, 11) is 0. The first kappa shape index (κ1) is 9.29. The van der Waals surface area contributed by atoms with Crippen LogP contribution >= 0.6 is 24.2 Å². The van der Waals surface area contributed by atoms with Gasteiger partial charge in [-0.15, -0.1) is 11.3 Å². The Morgan fingerprint density at radius 2 is 2.29 bits per heavy atom. The largest absolute Gasteiger partial charge is 0.477 e. The van der Waals surface area contributed by atoms with Gasteiger partial charge in [-0.1, -0.05) is 0 Å². The van der Waals surface area contributed by atoms with Gasteiger partial charge in [0, 0.05) is 0 Å². The third-order valence-electron chi connectivity index (χ3n) is 1.69. The summed E-state index contributed by atoms with van der Waals surface area (Å²) >= 11 is 5.29. The average molecular weight is 226 g/mol. The number of nitrogens with zero attached hydrogens (tertiary/aromatic N) is 2. The lowest BCUT2D eigenvalue weighted by Gasteiger charge is -1.94. The van der Waals surface area contributed by atoms with Gasteiger partial charge in [-0.25, -0.2) is 8.88 Å². The standard InChI is InChI=1S/C8H6N2O2S2/c11-8(12)7-2-1-6(14-7)5-3-4-9-10(5)13/h1-4,13H,(H,11,12). The first-order chi connectivity index (χ1) is 6.68. The molecule has 2 aromatic rings. The van der Waals surface area contributed by atoms with Crippen molar-refractivity contribution in [2.24, 2.45) is 0 Å². The monoisotopic (exact) mass is 226 g/mol. The fraction of sp³-hybridized carbons (Fsp3) is 0. The minimum absolute atomic E-state index is 0.314. The van der Waals surface area contributed by atoms with Gasteiger partial charge in [0.2, 0.25) is 0 Å². The second-order valence-electron chi connectivity index (χ2n) is 2.57. The number of rotatable bonds is 2. The van der Waals surface area contributed by atoms with Gasteiger partial charge in [0.15, 0.2) is 0 Å². The Bertz CT molecular complexity index is 475. The van der Waals surface area contributed by atoms with Crippen LogP contribution in [0, 0.1) is 0 Å². The quantitative estimate of drug-likeness (QED) is 0.770. The number of carbonyl (C=O) groups is 1. The van der Waals surface area contributed by atoms with Gasteiger partial charge >= 0.3 is 5.97 Å². The van der Waals surface area contributed by atoms with Crippen LogP contribution in [0.2, 0.25) is 0 Å². The molecule has 1 N–H and O–H groups in total. The van der Waals surface area contributed by atoms with Crippen molar-refractivity contribution in [2.75, 3.05) is 0 Å². The fourth-order valence-electron chi connectivity index (χ4n) is 1.07. The molecule has 2 rings (SSSR count). The molecule has 0 bridgehead atoms. The highest BCUT2D eigenvalue weighted by Crippen LogP contribution is 2.28. The summed E-state index contributed by atoms with van der Waals surface area (Å²) in [5.74, 6) is -0.911. The maximum absolute atomic E-state index is 10.6. The Labute approximate surface area is 89.3 Å². The lowest BCUT2D eigenvalue weighted by Crippen LogP contribution is -1.89. The van der Waals surface area contributed by atoms with E-state index in [-0.39, 0.29) is 0 Å². The van der Waals surface area contributed by atoms with Gasteiger partial charge in [0.25, 0.3) is 0 Å². The number of thiophene rings is 1. The van der Waals surface area contributed by atoms with E-state index in [2.05, 4.69) is 17.9 Å². The first-order valence-corrected chi connectivity index (χ1v) is 4.97. The Morgan fingerprint density at radius 1 is 1.50 bits per heavy atom. The number of carboxylic acids is 1. The van der Waals surface area contributed by atoms with Crippen LogP contribution in [-0.2, 0) is 0 Å². The molecule has 6 heteroatoms. The second-order valence-corrected chi connectivity index (χ2v) is 4.04. The van der Waals surface area contributed by atoms with Crippen LogP contribution in [0.5, 0.6) is 0 Å². The first-order valence-electron chi connectivity index (χ1n) is 3.75. The van der Waals surface area contributed by atoms with Crippen molar-refractivity contribution in [3.05, 3.63) is 29.3 Å². The van der Waals surface area contributed by atoms with E-state index in [9.17, 15) is 4.79 Å². The van der Waals surface area contributed by atoms with Gasteiger partial charge < -0.3 is 5.11 Å². The smallest absolute Gasteiger partial charge is 0.345 e. The Kier molecular flexibility index (Phi) is 2.30. The van der Waals surface area contributed by atoms with E-state index < -0.39 is 5.97 Å². The molecule has 0 radical (unpaired) electrons. The molecule has 0 aliphatic carbocycles. The third kappa shape index (κ3) is 1.53. The van der Waals surface area contributed by atoms with Crippen molar-refractivity contribution in [2.45, 2.75) is 0 Å². The molecule has 14 heavy (non-hydrogen) atoms. The summed E-state index contributed by atoms with van der Waals surface area (Å²) < 4.78 is 1.41. The molecular formula is C8H6N2O2S2. The van der Waals surface area contributed by atoms with Gasteiger partial charge in [0.1, 0.15) is 4.88 Å². The summed E-state index contributed by atoms with van der Waals surface area (Å²) in [5.41, 5.74) is 0.797. The molecule has 0 saturated carbocycles. The van der Waals surface area contributed by atoms with Crippen molar-refractivity contribution in [1.29, 1.82) is 0 Å². The number of carboxylic acid groups (broad SMARTS) is 1. The molecule has 2 aromatic heterocycles. The molecule has 0 amide bonds. The van der Waals surface area contributed by atoms with Crippen LogP contribution in [-0.4, -0.2) is 20.3 Å². The highest BCUT2D eigenvalue weighted by atomic mass is 32.1. The molecule has 0 unspecified atom stereocenters. The Balaban J connectivity index is 2.43. The molecule has 0 fully saturated rings. The van der Waals surface area contributed by atoms with E-state index in [4.69, 9.17) is 5.11 Å². The van der Waals surface area contributed by atoms with Gasteiger partial charge in [-0.3, -0.25) is 0 Å². The van der Waals surface area contributed by atoms with E-state index in [0.29, 0.717) is 4.88 Å². The maximum atomic E-state index is 10.6. The number of hydrogen-bond donors (Lipinski definition) is 2. The number of aromatic carboxylic acids is 1. The lowest BCUT2D eigenvalue weighted by molar-refractivity contribution is 0.0702. The number of aromatic nitrogens is 2. The molecule has 2 heterocycles. The Morgan fingerprint density at radius 3 is 2.79 bits per heavy atom. The normalized spacial score (nSPS) is 10.4. The molecule has 4 nitrogen and oxygen atoms in total. The average Bonchev–Trinajstić information content (AvgIpc) is 2.71. The van der Waals surface area contributed by atoms with Crippen molar-refractivity contribution in [1.82, 2.24) is 9.19 Å². The van der Waals surface area contributed by atoms with Crippen LogP contribution in [0.1, 0.15) is 9.67 Å². The predicted octanol–water partition coefficient (Wildman–Crippen LogP) is 2.00. The fourth-order valence-corrected chi connectivity index (χ4v) is 2.22. The van der Waals surface area contributed by atoms with Crippen LogP contribution in [0.4, 0.5) is 0 Å². The number of thiol groups is 1. The lowest BCUT2D eigenvalue weighted by atomic mass is 10.3. The topological polar surface area (TPSA) is 55.1 Å². The zero-order chi connectivity index (χ0) is 10.1. The molecule has 0 aromatic carbocycles. The van der Waals surface area contributed by atoms with Crippen molar-refractivity contribution >= 4 is 30.1 Å². The van der Waals surface area contributed by atoms with Crippen LogP contribution in [0.3, 0.4) is 0 Å². The van der Waals surface area contributed by atoms with E-state index in [1.807, 2.05) is 0 Å². The highest BCUT2D eigenvalue weighted by molar-refractivity contribution is 7.78. The summed E-state index contributed by atoms with van der Waals surface area (Å²) in [6.07, 6.45) is 1.61. The highest BCUT2D eigenvalue weighted by Gasteiger charge is 2.10. The van der Waals surface area contributed by atoms with Crippen LogP contribution < -0.4 is 0 Å². The van der Waals surface area contributed by atoms with E-state index in [1.165, 1.54) is 15.4 Å². The minimum atomic E-state index is -0.911. The zero-order valence-corrected chi connectivity index (χ0v) is 8.63. The van der Waals surface area contributed by atoms with Crippen molar-refractivity contribution in [3.8, 4) is 10.6 Å². The van der Waals surface area contributed by atoms with Crippen LogP contribution in [0.25, 0.3) is 10.6 Å². The molecule has 0 aliphatic heterocycles. The predicted molar refractivity (Wildman–Crippen MR) is 56.9 cm³/mol. The molecule has 0 aliphatic rings. The van der Waals surface area contributed by atoms with E-state index in [1.54, 1.807) is 24.4 Å².